The number of ether oxygens (including phenoxy) is 1. The average Bonchev–Trinajstić information content (AvgIpc) is 3.07. The van der Waals surface area contributed by atoms with Crippen LogP contribution in [0.3, 0.4) is 0 Å². The zero-order valence-corrected chi connectivity index (χ0v) is 12.6. The van der Waals surface area contributed by atoms with Gasteiger partial charge < -0.3 is 4.74 Å². The molecule has 1 aliphatic carbocycles. The molecule has 3 unspecified atom stereocenters. The van der Waals surface area contributed by atoms with Crippen molar-refractivity contribution in [3.8, 4) is 0 Å². The molecule has 2 fully saturated rings. The molecule has 1 saturated heterocycles. The van der Waals surface area contributed by atoms with Crippen molar-refractivity contribution < 1.29 is 4.74 Å². The summed E-state index contributed by atoms with van der Waals surface area (Å²) in [6, 6.07) is 0.632. The third-order valence-electron chi connectivity index (χ3n) is 4.52. The smallest absolute Gasteiger partial charge is 0.149 e. The van der Waals surface area contributed by atoms with Crippen LogP contribution in [-0.4, -0.2) is 35.8 Å². The van der Waals surface area contributed by atoms with Gasteiger partial charge in [0.2, 0.25) is 0 Å². The van der Waals surface area contributed by atoms with Crippen LogP contribution in [0, 0.1) is 11.3 Å². The lowest BCUT2D eigenvalue weighted by Crippen LogP contribution is -2.57. The fourth-order valence-electron chi connectivity index (χ4n) is 3.19. The van der Waals surface area contributed by atoms with Crippen LogP contribution < -0.4 is 5.32 Å². The molecule has 0 aromatic carbocycles. The van der Waals surface area contributed by atoms with Crippen LogP contribution in [0.25, 0.3) is 0 Å². The zero-order chi connectivity index (χ0) is 13.6. The Kier molecular flexibility index (Phi) is 3.34. The molecule has 0 bridgehead atoms. The highest BCUT2D eigenvalue weighted by molar-refractivity contribution is 5.90. The Balaban J connectivity index is 1.76. The summed E-state index contributed by atoms with van der Waals surface area (Å²) in [6.07, 6.45) is 5.41. The van der Waals surface area contributed by atoms with E-state index in [1.807, 2.05) is 0 Å². The molecule has 0 aromatic heterocycles. The van der Waals surface area contributed by atoms with Gasteiger partial charge in [-0.2, -0.15) is 5.10 Å². The zero-order valence-electron chi connectivity index (χ0n) is 12.6. The Morgan fingerprint density at radius 3 is 2.68 bits per heavy atom. The van der Waals surface area contributed by atoms with Crippen molar-refractivity contribution in [2.45, 2.75) is 71.8 Å². The van der Waals surface area contributed by atoms with Gasteiger partial charge in [-0.15, -0.1) is 0 Å². The van der Waals surface area contributed by atoms with E-state index in [4.69, 9.17) is 9.84 Å². The Morgan fingerprint density at radius 1 is 1.37 bits per heavy atom. The number of hydrazone groups is 1. The second kappa shape index (κ2) is 4.74. The minimum absolute atomic E-state index is 0.158. The van der Waals surface area contributed by atoms with Crippen LogP contribution in [0.2, 0.25) is 0 Å². The molecule has 2 heterocycles. The van der Waals surface area contributed by atoms with Crippen molar-refractivity contribution in [2.24, 2.45) is 16.4 Å². The molecule has 0 amide bonds. The van der Waals surface area contributed by atoms with Crippen LogP contribution in [0.1, 0.15) is 53.4 Å². The summed E-state index contributed by atoms with van der Waals surface area (Å²) in [5.41, 5.74) is 1.45. The number of rotatable bonds is 3. The molecule has 3 atom stereocenters. The largest absolute Gasteiger partial charge is 0.357 e. The predicted octanol–water partition coefficient (Wildman–Crippen LogP) is 2.55. The first kappa shape index (κ1) is 13.4. The average molecular weight is 265 g/mol. The second-order valence-electron chi connectivity index (χ2n) is 7.15. The van der Waals surface area contributed by atoms with E-state index in [-0.39, 0.29) is 11.6 Å². The van der Waals surface area contributed by atoms with Gasteiger partial charge in [-0.1, -0.05) is 20.8 Å². The van der Waals surface area contributed by atoms with Gasteiger partial charge in [0.05, 0.1) is 0 Å². The predicted molar refractivity (Wildman–Crippen MR) is 76.8 cm³/mol. The monoisotopic (exact) mass is 265 g/mol. The lowest BCUT2D eigenvalue weighted by molar-refractivity contribution is -0.109. The van der Waals surface area contributed by atoms with Gasteiger partial charge in [0.15, 0.2) is 0 Å². The van der Waals surface area contributed by atoms with Crippen LogP contribution in [0.4, 0.5) is 0 Å². The second-order valence-corrected chi connectivity index (χ2v) is 7.15. The number of nitrogens with zero attached hydrogens (tertiary/aromatic N) is 2. The van der Waals surface area contributed by atoms with Crippen LogP contribution in [0.15, 0.2) is 5.10 Å². The standard InChI is InChI=1S/C15H27N3O/c1-5-19-14-8-11(10-6-7-10)16-13-9-12(15(2,3)4)17-18(13)14/h10-11,13-14,16H,5-9H2,1-4H3. The Bertz CT molecular complexity index is 370. The quantitative estimate of drug-likeness (QED) is 0.852. The summed E-state index contributed by atoms with van der Waals surface area (Å²) in [5.74, 6) is 0.879. The van der Waals surface area contributed by atoms with Gasteiger partial charge in [0.1, 0.15) is 12.4 Å². The molecule has 0 aromatic rings. The molecule has 1 N–H and O–H groups in total. The highest BCUT2D eigenvalue weighted by atomic mass is 16.5. The number of nitrogens with one attached hydrogen (secondary N) is 1. The van der Waals surface area contributed by atoms with Crippen molar-refractivity contribution in [1.82, 2.24) is 10.3 Å². The third-order valence-corrected chi connectivity index (χ3v) is 4.52. The maximum absolute atomic E-state index is 5.94. The molecule has 2 aliphatic heterocycles. The van der Waals surface area contributed by atoms with E-state index in [2.05, 4.69) is 38.0 Å². The molecular formula is C15H27N3O. The van der Waals surface area contributed by atoms with E-state index in [0.717, 1.165) is 25.4 Å². The van der Waals surface area contributed by atoms with Gasteiger partial charge in [-0.05, 0) is 25.7 Å². The number of fused-ring (bicyclic) bond motifs is 1. The lowest BCUT2D eigenvalue weighted by Gasteiger charge is -2.41. The normalized spacial score (nSPS) is 35.3. The SMILES string of the molecule is CCOC1CC(C2CC2)NC2CC(C(C)(C)C)=NN21. The highest BCUT2D eigenvalue weighted by Gasteiger charge is 2.45. The van der Waals surface area contributed by atoms with Crippen molar-refractivity contribution in [3.05, 3.63) is 0 Å². The topological polar surface area (TPSA) is 36.9 Å². The first-order chi connectivity index (χ1) is 8.99. The minimum atomic E-state index is 0.158. The van der Waals surface area contributed by atoms with Gasteiger partial charge in [0.25, 0.3) is 0 Å². The van der Waals surface area contributed by atoms with Crippen molar-refractivity contribution in [3.63, 3.8) is 0 Å². The Hall–Kier alpha value is -0.610. The molecule has 3 aliphatic rings. The van der Waals surface area contributed by atoms with E-state index in [1.165, 1.54) is 18.6 Å². The molecule has 0 spiro atoms. The molecule has 1 saturated carbocycles. The Morgan fingerprint density at radius 2 is 2.11 bits per heavy atom. The summed E-state index contributed by atoms with van der Waals surface area (Å²) >= 11 is 0. The molecule has 19 heavy (non-hydrogen) atoms. The van der Waals surface area contributed by atoms with E-state index in [1.54, 1.807) is 0 Å². The van der Waals surface area contributed by atoms with Crippen molar-refractivity contribution >= 4 is 5.71 Å². The van der Waals surface area contributed by atoms with E-state index >= 15 is 0 Å². The molecule has 0 radical (unpaired) electrons. The maximum atomic E-state index is 5.94. The maximum Gasteiger partial charge on any atom is 0.149 e. The molecule has 108 valence electrons. The van der Waals surface area contributed by atoms with E-state index in [0.29, 0.717) is 12.2 Å². The molecular weight excluding hydrogens is 238 g/mol. The first-order valence-electron chi connectivity index (χ1n) is 7.73. The summed E-state index contributed by atoms with van der Waals surface area (Å²) in [7, 11) is 0. The van der Waals surface area contributed by atoms with Gasteiger partial charge in [-0.25, -0.2) is 0 Å². The first-order valence-corrected chi connectivity index (χ1v) is 7.73. The highest BCUT2D eigenvalue weighted by Crippen LogP contribution is 2.39. The third kappa shape index (κ3) is 2.65. The van der Waals surface area contributed by atoms with Gasteiger partial charge >= 0.3 is 0 Å². The Labute approximate surface area is 116 Å². The molecule has 4 nitrogen and oxygen atoms in total. The van der Waals surface area contributed by atoms with E-state index < -0.39 is 0 Å². The number of hydrogen-bond donors (Lipinski definition) is 1. The molecule has 4 heteroatoms. The summed E-state index contributed by atoms with van der Waals surface area (Å²) in [6.45, 7) is 9.59. The molecule has 3 rings (SSSR count). The number of hydrogen-bond acceptors (Lipinski definition) is 4. The van der Waals surface area contributed by atoms with Crippen LogP contribution in [-0.2, 0) is 4.74 Å². The summed E-state index contributed by atoms with van der Waals surface area (Å²) < 4.78 is 5.94. The van der Waals surface area contributed by atoms with Crippen LogP contribution >= 0.6 is 0 Å². The van der Waals surface area contributed by atoms with Gasteiger partial charge in [0, 0.05) is 36.6 Å². The van der Waals surface area contributed by atoms with Crippen molar-refractivity contribution in [2.75, 3.05) is 6.61 Å². The van der Waals surface area contributed by atoms with E-state index in [9.17, 15) is 0 Å². The lowest BCUT2D eigenvalue weighted by atomic mass is 9.87. The van der Waals surface area contributed by atoms with Crippen LogP contribution in [0.5, 0.6) is 0 Å². The van der Waals surface area contributed by atoms with Crippen molar-refractivity contribution in [1.29, 1.82) is 0 Å². The summed E-state index contributed by atoms with van der Waals surface area (Å²) in [4.78, 5) is 0. The fraction of sp³-hybridized carbons (Fsp3) is 0.933. The minimum Gasteiger partial charge on any atom is -0.357 e. The fourth-order valence-corrected chi connectivity index (χ4v) is 3.19. The summed E-state index contributed by atoms with van der Waals surface area (Å²) in [5, 5.41) is 10.8. The van der Waals surface area contributed by atoms with Gasteiger partial charge in [-0.3, -0.25) is 10.3 Å².